The summed E-state index contributed by atoms with van der Waals surface area (Å²) in [5.41, 5.74) is 5.33. The van der Waals surface area contributed by atoms with Crippen LogP contribution in [0.3, 0.4) is 0 Å². The van der Waals surface area contributed by atoms with Gasteiger partial charge < -0.3 is 5.32 Å². The minimum Gasteiger partial charge on any atom is -0.346 e. The maximum absolute atomic E-state index is 12.4. The highest BCUT2D eigenvalue weighted by Crippen LogP contribution is 2.19. The molecule has 0 saturated carbocycles. The first-order valence-electron chi connectivity index (χ1n) is 8.28. The maximum Gasteiger partial charge on any atom is 0.272 e. The summed E-state index contributed by atoms with van der Waals surface area (Å²) >= 11 is 3.51. The van der Waals surface area contributed by atoms with E-state index in [1.807, 2.05) is 44.1 Å². The lowest BCUT2D eigenvalue weighted by atomic mass is 10.2. The number of halogens is 1. The fourth-order valence-electron chi connectivity index (χ4n) is 2.84. The Morgan fingerprint density at radius 1 is 1.12 bits per heavy atom. The lowest BCUT2D eigenvalue weighted by Crippen LogP contribution is -2.24. The van der Waals surface area contributed by atoms with E-state index in [-0.39, 0.29) is 5.91 Å². The second kappa shape index (κ2) is 7.06. The number of hydrogen-bond acceptors (Lipinski definition) is 4. The van der Waals surface area contributed by atoms with E-state index in [0.717, 1.165) is 32.8 Å². The molecule has 8 nitrogen and oxygen atoms in total. The summed E-state index contributed by atoms with van der Waals surface area (Å²) in [6.45, 7) is 8.74. The first-order valence-corrected chi connectivity index (χ1v) is 9.07. The van der Waals surface area contributed by atoms with E-state index >= 15 is 0 Å². The van der Waals surface area contributed by atoms with Crippen molar-refractivity contribution in [2.75, 3.05) is 0 Å². The third-order valence-electron chi connectivity index (χ3n) is 4.53. The number of amides is 1. The molecule has 0 bridgehead atoms. The molecular weight excluding hydrogens is 398 g/mol. The normalized spacial score (nSPS) is 11.2. The Balaban J connectivity index is 1.67. The van der Waals surface area contributed by atoms with E-state index in [1.165, 1.54) is 0 Å². The molecule has 3 heterocycles. The first kappa shape index (κ1) is 18.4. The monoisotopic (exact) mass is 419 g/mol. The fourth-order valence-corrected chi connectivity index (χ4v) is 3.13. The predicted molar refractivity (Wildman–Crippen MR) is 101 cm³/mol. The molecule has 0 fully saturated rings. The van der Waals surface area contributed by atoms with Crippen molar-refractivity contribution in [1.29, 1.82) is 0 Å². The topological polar surface area (TPSA) is 82.6 Å². The third-order valence-corrected chi connectivity index (χ3v) is 5.68. The van der Waals surface area contributed by atoms with Crippen LogP contribution in [0.15, 0.2) is 16.7 Å². The molecule has 0 radical (unpaired) electrons. The Kier molecular flexibility index (Phi) is 4.99. The Labute approximate surface area is 160 Å². The Hall–Kier alpha value is -2.42. The largest absolute Gasteiger partial charge is 0.346 e. The van der Waals surface area contributed by atoms with Crippen LogP contribution in [0.1, 0.15) is 38.8 Å². The average Bonchev–Trinajstić information content (AvgIpc) is 3.22. The van der Waals surface area contributed by atoms with E-state index in [2.05, 4.69) is 36.5 Å². The maximum atomic E-state index is 12.4. The smallest absolute Gasteiger partial charge is 0.272 e. The average molecular weight is 420 g/mol. The van der Waals surface area contributed by atoms with Gasteiger partial charge in [0.05, 0.1) is 21.6 Å². The van der Waals surface area contributed by atoms with Gasteiger partial charge in [-0.15, -0.1) is 0 Å². The molecular formula is C17H22BrN7O. The number of carbonyl (C=O) groups excluding carboxylic acids is 1. The predicted octanol–water partition coefficient (Wildman–Crippen LogP) is 2.25. The summed E-state index contributed by atoms with van der Waals surface area (Å²) in [4.78, 5) is 12.4. The molecule has 3 aromatic rings. The van der Waals surface area contributed by atoms with Gasteiger partial charge in [0.2, 0.25) is 0 Å². The van der Waals surface area contributed by atoms with Crippen molar-refractivity contribution in [1.82, 2.24) is 34.7 Å². The SMILES string of the molecule is Cc1nn(Cn2ccc(C(=O)NCc3c(C)nn(C)c3C)n2)c(C)c1Br. The number of aromatic nitrogens is 6. The van der Waals surface area contributed by atoms with Crippen LogP contribution in [-0.4, -0.2) is 35.2 Å². The Bertz CT molecular complexity index is 966. The zero-order chi connectivity index (χ0) is 19.0. The molecule has 3 rings (SSSR count). The number of nitrogens with zero attached hydrogens (tertiary/aromatic N) is 6. The van der Waals surface area contributed by atoms with Crippen LogP contribution in [0, 0.1) is 27.7 Å². The van der Waals surface area contributed by atoms with Gasteiger partial charge in [0.1, 0.15) is 12.4 Å². The van der Waals surface area contributed by atoms with Gasteiger partial charge in [0.15, 0.2) is 0 Å². The van der Waals surface area contributed by atoms with E-state index < -0.39 is 0 Å². The van der Waals surface area contributed by atoms with Crippen LogP contribution in [0.25, 0.3) is 0 Å². The van der Waals surface area contributed by atoms with Crippen molar-refractivity contribution in [3.05, 3.63) is 50.8 Å². The molecule has 3 aromatic heterocycles. The highest BCUT2D eigenvalue weighted by molar-refractivity contribution is 9.10. The van der Waals surface area contributed by atoms with Crippen molar-refractivity contribution in [2.45, 2.75) is 40.9 Å². The molecule has 0 atom stereocenters. The molecule has 0 spiro atoms. The van der Waals surface area contributed by atoms with Crippen LogP contribution in [0.5, 0.6) is 0 Å². The van der Waals surface area contributed by atoms with Crippen molar-refractivity contribution >= 4 is 21.8 Å². The van der Waals surface area contributed by atoms with Gasteiger partial charge in [-0.25, -0.2) is 4.68 Å². The number of aryl methyl sites for hydroxylation is 3. The number of nitrogens with one attached hydrogen (secondary N) is 1. The van der Waals surface area contributed by atoms with Crippen molar-refractivity contribution < 1.29 is 4.79 Å². The van der Waals surface area contributed by atoms with E-state index in [9.17, 15) is 4.79 Å². The molecule has 0 saturated heterocycles. The Morgan fingerprint density at radius 2 is 1.85 bits per heavy atom. The van der Waals surface area contributed by atoms with Gasteiger partial charge in [0, 0.05) is 31.0 Å². The standard InChI is InChI=1S/C17H22BrN7O/c1-10-14(12(3)23(5)20-10)8-19-17(26)15-6-7-24(22-15)9-25-13(4)16(18)11(2)21-25/h6-7H,8-9H2,1-5H3,(H,19,26). The Morgan fingerprint density at radius 3 is 2.42 bits per heavy atom. The minimum absolute atomic E-state index is 0.207. The van der Waals surface area contributed by atoms with Crippen LogP contribution < -0.4 is 5.32 Å². The van der Waals surface area contributed by atoms with E-state index in [1.54, 1.807) is 16.9 Å². The molecule has 26 heavy (non-hydrogen) atoms. The van der Waals surface area contributed by atoms with Crippen molar-refractivity contribution in [2.24, 2.45) is 7.05 Å². The van der Waals surface area contributed by atoms with E-state index in [4.69, 9.17) is 0 Å². The van der Waals surface area contributed by atoms with Gasteiger partial charge in [-0.1, -0.05) is 0 Å². The van der Waals surface area contributed by atoms with Crippen molar-refractivity contribution in [3.63, 3.8) is 0 Å². The highest BCUT2D eigenvalue weighted by atomic mass is 79.9. The molecule has 0 aliphatic rings. The van der Waals surface area contributed by atoms with Gasteiger partial charge in [0.25, 0.3) is 5.91 Å². The molecule has 1 amide bonds. The minimum atomic E-state index is -0.207. The van der Waals surface area contributed by atoms with Crippen LogP contribution in [0.2, 0.25) is 0 Å². The highest BCUT2D eigenvalue weighted by Gasteiger charge is 2.14. The quantitative estimate of drug-likeness (QED) is 0.687. The second-order valence-corrected chi connectivity index (χ2v) is 7.11. The van der Waals surface area contributed by atoms with E-state index in [0.29, 0.717) is 18.9 Å². The number of hydrogen-bond donors (Lipinski definition) is 1. The zero-order valence-corrected chi connectivity index (χ0v) is 17.1. The molecule has 138 valence electrons. The molecule has 9 heteroatoms. The number of carbonyl (C=O) groups is 1. The van der Waals surface area contributed by atoms with Crippen LogP contribution in [0.4, 0.5) is 0 Å². The van der Waals surface area contributed by atoms with Gasteiger partial charge >= 0.3 is 0 Å². The summed E-state index contributed by atoms with van der Waals surface area (Å²) in [6, 6.07) is 1.71. The van der Waals surface area contributed by atoms with Gasteiger partial charge in [-0.05, 0) is 49.7 Å². The lowest BCUT2D eigenvalue weighted by Gasteiger charge is -2.05. The molecule has 0 aliphatic carbocycles. The lowest BCUT2D eigenvalue weighted by molar-refractivity contribution is 0.0945. The van der Waals surface area contributed by atoms with Crippen LogP contribution in [-0.2, 0) is 20.3 Å². The van der Waals surface area contributed by atoms with Crippen LogP contribution >= 0.6 is 15.9 Å². The molecule has 1 N–H and O–H groups in total. The van der Waals surface area contributed by atoms with Gasteiger partial charge in [-0.3, -0.25) is 14.2 Å². The zero-order valence-electron chi connectivity index (χ0n) is 15.5. The molecule has 0 aromatic carbocycles. The summed E-state index contributed by atoms with van der Waals surface area (Å²) < 4.78 is 6.35. The molecule has 0 unspecified atom stereocenters. The summed E-state index contributed by atoms with van der Waals surface area (Å²) in [7, 11) is 1.90. The molecule has 0 aliphatic heterocycles. The summed E-state index contributed by atoms with van der Waals surface area (Å²) in [6.07, 6.45) is 1.78. The summed E-state index contributed by atoms with van der Waals surface area (Å²) in [5.74, 6) is -0.207. The first-order chi connectivity index (χ1) is 12.3. The fraction of sp³-hybridized carbons (Fsp3) is 0.412. The third kappa shape index (κ3) is 3.44. The van der Waals surface area contributed by atoms with Crippen molar-refractivity contribution in [3.8, 4) is 0 Å². The summed E-state index contributed by atoms with van der Waals surface area (Å²) in [5, 5.41) is 16.1. The second-order valence-electron chi connectivity index (χ2n) is 6.32. The number of rotatable bonds is 5. The van der Waals surface area contributed by atoms with Gasteiger partial charge in [-0.2, -0.15) is 15.3 Å².